The first-order valence-electron chi connectivity index (χ1n) is 5.61. The quantitative estimate of drug-likeness (QED) is 0.776. The zero-order valence-electron chi connectivity index (χ0n) is 9.57. The van der Waals surface area contributed by atoms with Crippen molar-refractivity contribution >= 4 is 33.2 Å². The van der Waals surface area contributed by atoms with Gasteiger partial charge in [0.25, 0.3) is 5.91 Å². The Morgan fingerprint density at radius 1 is 1.38 bits per heavy atom. The molecule has 0 saturated carbocycles. The van der Waals surface area contributed by atoms with E-state index in [0.29, 0.717) is 11.8 Å². The molecule has 1 saturated heterocycles. The van der Waals surface area contributed by atoms with Crippen molar-refractivity contribution in [1.82, 2.24) is 4.90 Å². The number of thiophene rings is 1. The number of hydrogen-bond acceptors (Lipinski definition) is 2. The van der Waals surface area contributed by atoms with Crippen LogP contribution in [0.25, 0.3) is 0 Å². The molecule has 2 atom stereocenters. The van der Waals surface area contributed by atoms with Gasteiger partial charge in [0, 0.05) is 13.1 Å². The fourth-order valence-corrected chi connectivity index (χ4v) is 3.77. The number of halogens is 1. The highest BCUT2D eigenvalue weighted by molar-refractivity contribution is 9.11. The summed E-state index contributed by atoms with van der Waals surface area (Å²) in [7, 11) is 0. The van der Waals surface area contributed by atoms with Gasteiger partial charge in [-0.2, -0.15) is 0 Å². The number of piperidine rings is 1. The largest absolute Gasteiger partial charge is 0.337 e. The molecule has 2 nitrogen and oxygen atoms in total. The van der Waals surface area contributed by atoms with E-state index in [1.807, 2.05) is 17.0 Å². The highest BCUT2D eigenvalue weighted by Crippen LogP contribution is 2.26. The molecule has 1 aliphatic rings. The lowest BCUT2D eigenvalue weighted by Crippen LogP contribution is -2.42. The smallest absolute Gasteiger partial charge is 0.263 e. The lowest BCUT2D eigenvalue weighted by Gasteiger charge is -2.34. The van der Waals surface area contributed by atoms with E-state index in [9.17, 15) is 4.79 Å². The highest BCUT2D eigenvalue weighted by Gasteiger charge is 2.26. The van der Waals surface area contributed by atoms with Crippen molar-refractivity contribution < 1.29 is 4.79 Å². The maximum absolute atomic E-state index is 12.2. The summed E-state index contributed by atoms with van der Waals surface area (Å²) in [6.45, 7) is 6.25. The second-order valence-corrected chi connectivity index (χ2v) is 7.22. The van der Waals surface area contributed by atoms with Crippen molar-refractivity contribution in [3.05, 3.63) is 20.8 Å². The lowest BCUT2D eigenvalue weighted by atomic mass is 9.92. The Kier molecular flexibility index (Phi) is 3.70. The van der Waals surface area contributed by atoms with Crippen LogP contribution in [0.15, 0.2) is 15.9 Å². The summed E-state index contributed by atoms with van der Waals surface area (Å²) in [6, 6.07) is 3.84. The van der Waals surface area contributed by atoms with E-state index in [4.69, 9.17) is 0 Å². The molecular formula is C12H16BrNOS. The topological polar surface area (TPSA) is 20.3 Å². The van der Waals surface area contributed by atoms with Gasteiger partial charge in [-0.1, -0.05) is 13.8 Å². The number of amides is 1. The normalized spacial score (nSPS) is 25.8. The summed E-state index contributed by atoms with van der Waals surface area (Å²) >= 11 is 4.91. The van der Waals surface area contributed by atoms with Crippen LogP contribution in [0.3, 0.4) is 0 Å². The predicted octanol–water partition coefficient (Wildman–Crippen LogP) is 3.63. The van der Waals surface area contributed by atoms with Crippen LogP contribution in [-0.4, -0.2) is 23.9 Å². The maximum Gasteiger partial charge on any atom is 0.263 e. The van der Waals surface area contributed by atoms with Gasteiger partial charge in [0.15, 0.2) is 0 Å². The van der Waals surface area contributed by atoms with Gasteiger partial charge < -0.3 is 4.90 Å². The Balaban J connectivity index is 2.09. The molecule has 0 spiro atoms. The standard InChI is InChI=1S/C12H16BrNOS/c1-8-5-9(2)7-14(6-8)12(15)10-3-4-11(13)16-10/h3-4,8-9H,5-7H2,1-2H3. The molecule has 16 heavy (non-hydrogen) atoms. The molecule has 2 rings (SSSR count). The van der Waals surface area contributed by atoms with Crippen LogP contribution in [-0.2, 0) is 0 Å². The third-order valence-corrected chi connectivity index (χ3v) is 4.55. The summed E-state index contributed by atoms with van der Waals surface area (Å²) in [6.07, 6.45) is 1.23. The zero-order valence-corrected chi connectivity index (χ0v) is 12.0. The molecule has 4 heteroatoms. The van der Waals surface area contributed by atoms with Crippen molar-refractivity contribution in [2.75, 3.05) is 13.1 Å². The van der Waals surface area contributed by atoms with Gasteiger partial charge in [-0.15, -0.1) is 11.3 Å². The van der Waals surface area contributed by atoms with Crippen molar-refractivity contribution in [2.24, 2.45) is 11.8 Å². The predicted molar refractivity (Wildman–Crippen MR) is 70.9 cm³/mol. The molecule has 1 aromatic rings. The molecule has 1 fully saturated rings. The van der Waals surface area contributed by atoms with Gasteiger partial charge in [0.05, 0.1) is 8.66 Å². The van der Waals surface area contributed by atoms with Gasteiger partial charge in [-0.25, -0.2) is 0 Å². The van der Waals surface area contributed by atoms with Crippen molar-refractivity contribution in [1.29, 1.82) is 0 Å². The minimum Gasteiger partial charge on any atom is -0.337 e. The van der Waals surface area contributed by atoms with Crippen LogP contribution >= 0.6 is 27.3 Å². The maximum atomic E-state index is 12.2. The summed E-state index contributed by atoms with van der Waals surface area (Å²) in [4.78, 5) is 15.1. The average molecular weight is 302 g/mol. The van der Waals surface area contributed by atoms with E-state index in [-0.39, 0.29) is 5.91 Å². The van der Waals surface area contributed by atoms with Gasteiger partial charge in [-0.05, 0) is 46.3 Å². The summed E-state index contributed by atoms with van der Waals surface area (Å²) in [5.41, 5.74) is 0. The molecule has 88 valence electrons. The third-order valence-electron chi connectivity index (χ3n) is 2.94. The Bertz CT molecular complexity index is 380. The zero-order chi connectivity index (χ0) is 11.7. The Hall–Kier alpha value is -0.350. The third kappa shape index (κ3) is 2.66. The van der Waals surface area contributed by atoms with E-state index < -0.39 is 0 Å². The van der Waals surface area contributed by atoms with Gasteiger partial charge in [-0.3, -0.25) is 4.79 Å². The molecule has 0 aromatic carbocycles. The monoisotopic (exact) mass is 301 g/mol. The lowest BCUT2D eigenvalue weighted by molar-refractivity contribution is 0.0628. The first kappa shape index (κ1) is 12.1. The number of carbonyl (C=O) groups is 1. The fraction of sp³-hybridized carbons (Fsp3) is 0.583. The first-order chi connectivity index (χ1) is 7.56. The van der Waals surface area contributed by atoms with E-state index >= 15 is 0 Å². The summed E-state index contributed by atoms with van der Waals surface area (Å²) in [5.74, 6) is 1.43. The van der Waals surface area contributed by atoms with Crippen LogP contribution < -0.4 is 0 Å². The van der Waals surface area contributed by atoms with Crippen molar-refractivity contribution in [3.8, 4) is 0 Å². The van der Waals surface area contributed by atoms with Crippen molar-refractivity contribution in [2.45, 2.75) is 20.3 Å². The molecule has 0 aliphatic carbocycles. The van der Waals surface area contributed by atoms with Crippen LogP contribution in [0, 0.1) is 11.8 Å². The Morgan fingerprint density at radius 3 is 2.50 bits per heavy atom. The molecule has 1 amide bonds. The number of likely N-dealkylation sites (tertiary alicyclic amines) is 1. The molecule has 0 bridgehead atoms. The summed E-state index contributed by atoms with van der Waals surface area (Å²) in [5, 5.41) is 0. The molecule has 1 aromatic heterocycles. The second kappa shape index (κ2) is 4.88. The molecule has 0 radical (unpaired) electrons. The van der Waals surface area contributed by atoms with Gasteiger partial charge in [0.2, 0.25) is 0 Å². The van der Waals surface area contributed by atoms with E-state index in [2.05, 4.69) is 29.8 Å². The van der Waals surface area contributed by atoms with Gasteiger partial charge in [0.1, 0.15) is 0 Å². The number of hydrogen-bond donors (Lipinski definition) is 0. The molecular weight excluding hydrogens is 286 g/mol. The van der Waals surface area contributed by atoms with E-state index in [1.54, 1.807) is 0 Å². The number of nitrogens with zero attached hydrogens (tertiary/aromatic N) is 1. The molecule has 2 heterocycles. The van der Waals surface area contributed by atoms with Crippen LogP contribution in [0.2, 0.25) is 0 Å². The van der Waals surface area contributed by atoms with Crippen molar-refractivity contribution in [3.63, 3.8) is 0 Å². The summed E-state index contributed by atoms with van der Waals surface area (Å²) < 4.78 is 1.02. The average Bonchev–Trinajstić information content (AvgIpc) is 2.62. The minimum absolute atomic E-state index is 0.189. The van der Waals surface area contributed by atoms with Crippen LogP contribution in [0.4, 0.5) is 0 Å². The Morgan fingerprint density at radius 2 is 2.00 bits per heavy atom. The SMILES string of the molecule is CC1CC(C)CN(C(=O)c2ccc(Br)s2)C1. The van der Waals surface area contributed by atoms with Crippen LogP contribution in [0.5, 0.6) is 0 Å². The van der Waals surface area contributed by atoms with Gasteiger partial charge >= 0.3 is 0 Å². The second-order valence-electron chi connectivity index (χ2n) is 4.76. The van der Waals surface area contributed by atoms with E-state index in [1.165, 1.54) is 17.8 Å². The fourth-order valence-electron chi connectivity index (χ4n) is 2.41. The molecule has 1 aliphatic heterocycles. The minimum atomic E-state index is 0.189. The number of carbonyl (C=O) groups excluding carboxylic acids is 1. The molecule has 2 unspecified atom stereocenters. The van der Waals surface area contributed by atoms with E-state index in [0.717, 1.165) is 21.8 Å². The first-order valence-corrected chi connectivity index (χ1v) is 7.22. The molecule has 0 N–H and O–H groups in total. The Labute approximate surface area is 109 Å². The highest BCUT2D eigenvalue weighted by atomic mass is 79.9. The number of rotatable bonds is 1. The van der Waals surface area contributed by atoms with Crippen LogP contribution in [0.1, 0.15) is 29.9 Å².